The molecule has 0 heterocycles. The third-order valence-corrected chi connectivity index (χ3v) is 8.36. The summed E-state index contributed by atoms with van der Waals surface area (Å²) < 4.78 is 22.5. The summed E-state index contributed by atoms with van der Waals surface area (Å²) in [5.41, 5.74) is -2.08. The van der Waals surface area contributed by atoms with Gasteiger partial charge < -0.3 is 9.47 Å². The van der Waals surface area contributed by atoms with Crippen LogP contribution in [-0.4, -0.2) is 41.8 Å². The molecule has 3 atom stereocenters. The van der Waals surface area contributed by atoms with E-state index in [2.05, 4.69) is 13.8 Å². The molecule has 6 nitrogen and oxygen atoms in total. The molecular formula is C28H55O6PS. The van der Waals surface area contributed by atoms with E-state index in [4.69, 9.17) is 19.2 Å². The fourth-order valence-corrected chi connectivity index (χ4v) is 5.59. The second-order valence-electron chi connectivity index (χ2n) is 9.57. The molecule has 0 fully saturated rings. The van der Waals surface area contributed by atoms with Crippen LogP contribution in [0.5, 0.6) is 0 Å². The number of rotatable bonds is 27. The van der Waals surface area contributed by atoms with Crippen molar-refractivity contribution >= 4 is 26.2 Å². The Kier molecular flexibility index (Phi) is 25.0. The molecular weight excluding hydrogens is 495 g/mol. The normalized spacial score (nSPS) is 15.0. The molecule has 214 valence electrons. The maximum atomic E-state index is 12.5. The van der Waals surface area contributed by atoms with E-state index < -0.39 is 20.0 Å². The number of thioether (sulfide) groups is 1. The number of hydrogen-bond acceptors (Lipinski definition) is 7. The highest BCUT2D eigenvalue weighted by molar-refractivity contribution is 7.99. The van der Waals surface area contributed by atoms with E-state index in [0.717, 1.165) is 18.6 Å². The van der Waals surface area contributed by atoms with Gasteiger partial charge in [-0.2, -0.15) is 16.6 Å². The third-order valence-electron chi connectivity index (χ3n) is 6.16. The van der Waals surface area contributed by atoms with Gasteiger partial charge in [-0.3, -0.25) is 4.57 Å². The van der Waals surface area contributed by atoms with E-state index in [1.165, 1.54) is 83.5 Å². The van der Waals surface area contributed by atoms with Crippen LogP contribution in [0.15, 0.2) is 0 Å². The summed E-state index contributed by atoms with van der Waals surface area (Å²) in [5.74, 6) is 0.249. The van der Waals surface area contributed by atoms with Crippen LogP contribution in [0, 0.1) is 0 Å². The van der Waals surface area contributed by atoms with Gasteiger partial charge in [-0.1, -0.05) is 104 Å². The van der Waals surface area contributed by atoms with E-state index in [1.807, 2.05) is 25.6 Å². The van der Waals surface area contributed by atoms with Gasteiger partial charge in [-0.15, -0.1) is 0 Å². The van der Waals surface area contributed by atoms with E-state index in [0.29, 0.717) is 6.42 Å². The van der Waals surface area contributed by atoms with Gasteiger partial charge in [0.25, 0.3) is 0 Å². The zero-order chi connectivity index (χ0) is 26.9. The largest absolute Gasteiger partial charge is 0.461 e. The maximum absolute atomic E-state index is 12.5. The van der Waals surface area contributed by atoms with Crippen LogP contribution in [0.25, 0.3) is 0 Å². The first-order valence-electron chi connectivity index (χ1n) is 14.6. The van der Waals surface area contributed by atoms with Crippen LogP contribution in [0.1, 0.15) is 137 Å². The Hall–Kier alpha value is -0.200. The monoisotopic (exact) mass is 550 g/mol. The van der Waals surface area contributed by atoms with Crippen molar-refractivity contribution in [3.8, 4) is 0 Å². The summed E-state index contributed by atoms with van der Waals surface area (Å²) in [7, 11) is -0.634. The molecule has 0 rings (SSSR count). The Balaban J connectivity index is 4.75. The van der Waals surface area contributed by atoms with Crippen molar-refractivity contribution in [1.82, 2.24) is 0 Å². The predicted molar refractivity (Wildman–Crippen MR) is 152 cm³/mol. The third kappa shape index (κ3) is 17.3. The van der Waals surface area contributed by atoms with Gasteiger partial charge in [-0.05, 0) is 38.9 Å². The first-order chi connectivity index (χ1) is 17.5. The van der Waals surface area contributed by atoms with Gasteiger partial charge in [0.05, 0.1) is 13.2 Å². The Morgan fingerprint density at radius 1 is 0.806 bits per heavy atom. The summed E-state index contributed by atoms with van der Waals surface area (Å²) in [5, 5.41) is 0.232. The lowest BCUT2D eigenvalue weighted by molar-refractivity contribution is -0.403. The average Bonchev–Trinajstić information content (AvgIpc) is 2.88. The van der Waals surface area contributed by atoms with E-state index in [9.17, 15) is 9.36 Å². The molecule has 0 spiro atoms. The van der Waals surface area contributed by atoms with Gasteiger partial charge in [0.15, 0.2) is 0 Å². The fraction of sp³-hybridized carbons (Fsp3) is 0.964. The molecule has 0 bridgehead atoms. The predicted octanol–water partition coefficient (Wildman–Crippen LogP) is 9.25. The Morgan fingerprint density at radius 2 is 1.36 bits per heavy atom. The molecule has 0 saturated carbocycles. The van der Waals surface area contributed by atoms with Gasteiger partial charge in [-0.25, -0.2) is 9.68 Å². The topological polar surface area (TPSA) is 71.1 Å². The van der Waals surface area contributed by atoms with Crippen molar-refractivity contribution in [2.45, 2.75) is 154 Å². The van der Waals surface area contributed by atoms with Gasteiger partial charge in [0.1, 0.15) is 6.10 Å². The highest BCUT2D eigenvalue weighted by atomic mass is 32.2. The molecule has 0 aromatic carbocycles. The maximum Gasteiger partial charge on any atom is 0.382 e. The van der Waals surface area contributed by atoms with E-state index >= 15 is 0 Å². The average molecular weight is 551 g/mol. The lowest BCUT2D eigenvalue weighted by Gasteiger charge is -2.28. The molecule has 0 aliphatic heterocycles. The summed E-state index contributed by atoms with van der Waals surface area (Å²) >= 11 is 1.92. The SMILES string of the molecule is CCCCCCCCCCCSC(CCCCCCC)C(C)OOC(OCCC)(P=O)C(=O)OCC. The lowest BCUT2D eigenvalue weighted by atomic mass is 10.1. The van der Waals surface area contributed by atoms with Crippen molar-refractivity contribution in [2.24, 2.45) is 0 Å². The first kappa shape index (κ1) is 35.8. The highest BCUT2D eigenvalue weighted by Crippen LogP contribution is 2.32. The Morgan fingerprint density at radius 3 is 1.89 bits per heavy atom. The van der Waals surface area contributed by atoms with Crippen LogP contribution in [0.3, 0.4) is 0 Å². The van der Waals surface area contributed by atoms with Crippen molar-refractivity contribution in [3.63, 3.8) is 0 Å². The number of hydrogen-bond donors (Lipinski definition) is 0. The minimum Gasteiger partial charge on any atom is -0.461 e. The van der Waals surface area contributed by atoms with Crippen LogP contribution >= 0.6 is 20.2 Å². The molecule has 0 N–H and O–H groups in total. The first-order valence-corrected chi connectivity index (χ1v) is 16.5. The second kappa shape index (κ2) is 25.1. The summed E-state index contributed by atoms with van der Waals surface area (Å²) in [4.78, 5) is 23.6. The molecule has 0 aromatic rings. The Labute approximate surface area is 227 Å². The fourth-order valence-electron chi connectivity index (χ4n) is 3.91. The lowest BCUT2D eigenvalue weighted by Crippen LogP contribution is -2.42. The zero-order valence-corrected chi connectivity index (χ0v) is 25.6. The summed E-state index contributed by atoms with van der Waals surface area (Å²) in [6, 6.07) is 0. The molecule has 0 saturated heterocycles. The quantitative estimate of drug-likeness (QED) is 0.0252. The number of unbranched alkanes of at least 4 members (excludes halogenated alkanes) is 12. The molecule has 36 heavy (non-hydrogen) atoms. The van der Waals surface area contributed by atoms with E-state index in [1.54, 1.807) is 6.92 Å². The van der Waals surface area contributed by atoms with Crippen molar-refractivity contribution < 1.29 is 28.6 Å². The highest BCUT2D eigenvalue weighted by Gasteiger charge is 2.47. The molecule has 3 unspecified atom stereocenters. The van der Waals surface area contributed by atoms with Gasteiger partial charge in [0, 0.05) is 5.25 Å². The minimum atomic E-state index is -2.08. The van der Waals surface area contributed by atoms with Crippen molar-refractivity contribution in [1.29, 1.82) is 0 Å². The second-order valence-corrected chi connectivity index (χ2v) is 11.7. The molecule has 0 amide bonds. The minimum absolute atomic E-state index is 0.138. The molecule has 0 aromatic heterocycles. The molecule has 0 radical (unpaired) electrons. The van der Waals surface area contributed by atoms with Crippen molar-refractivity contribution in [3.05, 3.63) is 0 Å². The molecule has 8 heteroatoms. The molecule has 0 aliphatic rings. The summed E-state index contributed by atoms with van der Waals surface area (Å²) in [6.07, 6.45) is 19.4. The van der Waals surface area contributed by atoms with Crippen LogP contribution in [-0.2, 0) is 28.6 Å². The zero-order valence-electron chi connectivity index (χ0n) is 23.9. The smallest absolute Gasteiger partial charge is 0.382 e. The van der Waals surface area contributed by atoms with Crippen LogP contribution in [0.4, 0.5) is 0 Å². The van der Waals surface area contributed by atoms with Gasteiger partial charge in [0.2, 0.25) is 8.46 Å². The number of carbonyl (C=O) groups is 1. The number of esters is 1. The number of carbonyl (C=O) groups excluding carboxylic acids is 1. The Bertz CT molecular complexity index is 524. The van der Waals surface area contributed by atoms with Crippen LogP contribution < -0.4 is 0 Å². The molecule has 0 aliphatic carbocycles. The van der Waals surface area contributed by atoms with Crippen LogP contribution in [0.2, 0.25) is 0 Å². The number of ether oxygens (including phenoxy) is 2. The standard InChI is InChI=1S/C28H55O6PS/c1-6-10-12-14-15-16-17-19-21-24-36-26(22-20-18-13-11-7-2)25(5)33-34-28(35-30,32-23-8-3)27(29)31-9-4/h25-26H,6-24H2,1-5H3. The van der Waals surface area contributed by atoms with Crippen molar-refractivity contribution in [2.75, 3.05) is 19.0 Å². The van der Waals surface area contributed by atoms with Gasteiger partial charge >= 0.3 is 11.5 Å². The summed E-state index contributed by atoms with van der Waals surface area (Å²) in [6.45, 7) is 10.4. The van der Waals surface area contributed by atoms with E-state index in [-0.39, 0.29) is 24.6 Å².